The van der Waals surface area contributed by atoms with Crippen molar-refractivity contribution in [3.8, 4) is 44.5 Å². The molecule has 0 N–H and O–H groups in total. The summed E-state index contributed by atoms with van der Waals surface area (Å²) in [5, 5.41) is 7.21. The Morgan fingerprint density at radius 2 is 1.07 bits per heavy atom. The van der Waals surface area contributed by atoms with Crippen LogP contribution in [0.5, 0.6) is 0 Å². The fraction of sp³-hybridized carbons (Fsp3) is 0. The van der Waals surface area contributed by atoms with E-state index in [0.717, 1.165) is 48.8 Å². The Kier molecular flexibility index (Phi) is 7.03. The van der Waals surface area contributed by atoms with Gasteiger partial charge < -0.3 is 4.57 Å². The lowest BCUT2D eigenvalue weighted by atomic mass is 10.00. The van der Waals surface area contributed by atoms with E-state index in [4.69, 9.17) is 9.97 Å². The lowest BCUT2D eigenvalue weighted by molar-refractivity contribution is 1.08. The minimum atomic E-state index is 0.673. The number of nitrogens with zero attached hydrogens (tertiary/aromatic N) is 5. The number of rotatable bonds is 5. The molecule has 0 bridgehead atoms. The maximum atomic E-state index is 5.43. The van der Waals surface area contributed by atoms with Crippen molar-refractivity contribution >= 4 is 75.9 Å². The van der Waals surface area contributed by atoms with Crippen LogP contribution in [-0.2, 0) is 0 Å². The molecule has 12 rings (SSSR count). The summed E-state index contributed by atoms with van der Waals surface area (Å²) in [6.45, 7) is 0. The highest BCUT2D eigenvalue weighted by Crippen LogP contribution is 2.43. The molecule has 0 radical (unpaired) electrons. The Bertz CT molecular complexity index is 3510. The molecule has 266 valence electrons. The zero-order chi connectivity index (χ0) is 37.5. The molecule has 57 heavy (non-hydrogen) atoms. The lowest BCUT2D eigenvalue weighted by Crippen LogP contribution is -2.01. The van der Waals surface area contributed by atoms with Gasteiger partial charge in [-0.2, -0.15) is 0 Å². The molecule has 0 aliphatic rings. The molecule has 7 aromatic carbocycles. The molecule has 0 atom stereocenters. The van der Waals surface area contributed by atoms with Gasteiger partial charge in [0.2, 0.25) is 0 Å². The van der Waals surface area contributed by atoms with E-state index in [0.29, 0.717) is 5.82 Å². The Labute approximate surface area is 331 Å². The normalized spacial score (nSPS) is 11.9. The van der Waals surface area contributed by atoms with Gasteiger partial charge in [0.05, 0.1) is 32.3 Å². The van der Waals surface area contributed by atoms with Crippen molar-refractivity contribution in [1.82, 2.24) is 24.1 Å². The minimum absolute atomic E-state index is 0.673. The standard InChI is InChI=1S/C51H31N5S/c1-3-12-33(13-4-1)47-31-43-49(57-47)51(54-50(53-43)34-25-27-52-28-26-34)56-46-24-21-36(30-42(46)40-22-19-32-11-7-8-16-38(32)48(40)56)35-20-23-45-41(29-35)39-17-9-10-18-44(39)55(45)37-14-5-2-6-15-37/h1-31H. The Balaban J connectivity index is 1.13. The van der Waals surface area contributed by atoms with Gasteiger partial charge in [-0.1, -0.05) is 115 Å². The Hall–Kier alpha value is -7.41. The molecule has 5 heterocycles. The summed E-state index contributed by atoms with van der Waals surface area (Å²) in [6.07, 6.45) is 3.61. The largest absolute Gasteiger partial charge is 0.309 e. The maximum absolute atomic E-state index is 5.43. The van der Waals surface area contributed by atoms with E-state index in [-0.39, 0.29) is 0 Å². The fourth-order valence-corrected chi connectivity index (χ4v) is 9.71. The van der Waals surface area contributed by atoms with E-state index in [1.54, 1.807) is 23.7 Å². The summed E-state index contributed by atoms with van der Waals surface area (Å²) in [5.41, 5.74) is 11.1. The van der Waals surface area contributed by atoms with Gasteiger partial charge in [-0.3, -0.25) is 9.55 Å². The van der Waals surface area contributed by atoms with Gasteiger partial charge in [-0.15, -0.1) is 11.3 Å². The summed E-state index contributed by atoms with van der Waals surface area (Å²) in [6, 6.07) is 63.1. The quantitative estimate of drug-likeness (QED) is 0.176. The van der Waals surface area contributed by atoms with Crippen molar-refractivity contribution in [2.24, 2.45) is 0 Å². The predicted molar refractivity (Wildman–Crippen MR) is 238 cm³/mol. The van der Waals surface area contributed by atoms with E-state index in [1.807, 2.05) is 12.1 Å². The molecule has 0 amide bonds. The highest BCUT2D eigenvalue weighted by atomic mass is 32.1. The SMILES string of the molecule is c1ccc(-c2cc3nc(-c4ccncc4)nc(-n4c5ccc(-c6ccc7c(c6)c6ccccc6n7-c6ccccc6)cc5c5ccc6ccccc6c54)c3s2)cc1. The molecular weight excluding hydrogens is 715 g/mol. The smallest absolute Gasteiger partial charge is 0.162 e. The van der Waals surface area contributed by atoms with Crippen LogP contribution in [0.15, 0.2) is 188 Å². The summed E-state index contributed by atoms with van der Waals surface area (Å²) in [7, 11) is 0. The number of hydrogen-bond donors (Lipinski definition) is 0. The fourth-order valence-electron chi connectivity index (χ4n) is 8.63. The zero-order valence-electron chi connectivity index (χ0n) is 30.5. The molecular formula is C51H31N5S. The second-order valence-corrected chi connectivity index (χ2v) is 15.5. The van der Waals surface area contributed by atoms with Crippen LogP contribution in [0.4, 0.5) is 0 Å². The molecule has 0 saturated heterocycles. The number of para-hydroxylation sites is 2. The first kappa shape index (κ1) is 31.9. The number of pyridine rings is 1. The first-order chi connectivity index (χ1) is 28.3. The molecule has 6 heteroatoms. The Morgan fingerprint density at radius 3 is 1.86 bits per heavy atom. The van der Waals surface area contributed by atoms with Gasteiger partial charge in [0.15, 0.2) is 11.6 Å². The number of aromatic nitrogens is 5. The molecule has 5 aromatic heterocycles. The third kappa shape index (κ3) is 4.98. The first-order valence-electron chi connectivity index (χ1n) is 19.1. The number of hydrogen-bond acceptors (Lipinski definition) is 4. The van der Waals surface area contributed by atoms with E-state index in [9.17, 15) is 0 Å². The molecule has 0 aliphatic heterocycles. The van der Waals surface area contributed by atoms with Crippen LogP contribution in [0.3, 0.4) is 0 Å². The van der Waals surface area contributed by atoms with Crippen molar-refractivity contribution in [3.05, 3.63) is 188 Å². The van der Waals surface area contributed by atoms with Crippen LogP contribution in [0.1, 0.15) is 0 Å². The number of thiophene rings is 1. The van der Waals surface area contributed by atoms with Gasteiger partial charge in [-0.25, -0.2) is 9.97 Å². The van der Waals surface area contributed by atoms with E-state index < -0.39 is 0 Å². The predicted octanol–water partition coefficient (Wildman–Crippen LogP) is 13.4. The van der Waals surface area contributed by atoms with Crippen molar-refractivity contribution in [2.75, 3.05) is 0 Å². The van der Waals surface area contributed by atoms with Crippen molar-refractivity contribution in [1.29, 1.82) is 0 Å². The molecule has 0 unspecified atom stereocenters. The van der Waals surface area contributed by atoms with E-state index >= 15 is 0 Å². The maximum Gasteiger partial charge on any atom is 0.162 e. The van der Waals surface area contributed by atoms with Crippen molar-refractivity contribution in [2.45, 2.75) is 0 Å². The van der Waals surface area contributed by atoms with Gasteiger partial charge in [0.1, 0.15) is 0 Å². The third-order valence-electron chi connectivity index (χ3n) is 11.2. The summed E-state index contributed by atoms with van der Waals surface area (Å²) in [5.74, 6) is 1.55. The van der Waals surface area contributed by atoms with E-state index in [2.05, 4.69) is 178 Å². The second-order valence-electron chi connectivity index (χ2n) is 14.5. The molecule has 12 aromatic rings. The van der Waals surface area contributed by atoms with Crippen LogP contribution < -0.4 is 0 Å². The van der Waals surface area contributed by atoms with Crippen molar-refractivity contribution < 1.29 is 0 Å². The van der Waals surface area contributed by atoms with Crippen LogP contribution in [0, 0.1) is 0 Å². The van der Waals surface area contributed by atoms with Gasteiger partial charge in [-0.05, 0) is 82.7 Å². The van der Waals surface area contributed by atoms with E-state index in [1.165, 1.54) is 54.5 Å². The average Bonchev–Trinajstić information content (AvgIpc) is 3.97. The second kappa shape index (κ2) is 12.6. The van der Waals surface area contributed by atoms with Crippen molar-refractivity contribution in [3.63, 3.8) is 0 Å². The van der Waals surface area contributed by atoms with Crippen LogP contribution in [0.25, 0.3) is 109 Å². The molecule has 0 aliphatic carbocycles. The monoisotopic (exact) mass is 745 g/mol. The summed E-state index contributed by atoms with van der Waals surface area (Å²) < 4.78 is 5.79. The highest BCUT2D eigenvalue weighted by molar-refractivity contribution is 7.22. The van der Waals surface area contributed by atoms with Gasteiger partial charge >= 0.3 is 0 Å². The molecule has 0 saturated carbocycles. The number of benzene rings is 7. The molecule has 5 nitrogen and oxygen atoms in total. The van der Waals surface area contributed by atoms with Gasteiger partial charge in [0.25, 0.3) is 0 Å². The average molecular weight is 746 g/mol. The Morgan fingerprint density at radius 1 is 0.421 bits per heavy atom. The molecule has 0 fully saturated rings. The highest BCUT2D eigenvalue weighted by Gasteiger charge is 2.22. The third-order valence-corrected chi connectivity index (χ3v) is 12.4. The summed E-state index contributed by atoms with van der Waals surface area (Å²) >= 11 is 1.74. The lowest BCUT2D eigenvalue weighted by Gasteiger charge is -2.12. The van der Waals surface area contributed by atoms with Crippen LogP contribution in [-0.4, -0.2) is 24.1 Å². The minimum Gasteiger partial charge on any atom is -0.309 e. The van der Waals surface area contributed by atoms with Gasteiger partial charge in [0, 0.05) is 55.5 Å². The van der Waals surface area contributed by atoms with Crippen LogP contribution >= 0.6 is 11.3 Å². The number of fused-ring (bicyclic) bond motifs is 9. The molecule has 0 spiro atoms. The van der Waals surface area contributed by atoms with Crippen LogP contribution in [0.2, 0.25) is 0 Å². The first-order valence-corrected chi connectivity index (χ1v) is 19.9. The zero-order valence-corrected chi connectivity index (χ0v) is 31.4. The topological polar surface area (TPSA) is 48.5 Å². The summed E-state index contributed by atoms with van der Waals surface area (Å²) in [4.78, 5) is 16.0.